The molecule has 0 radical (unpaired) electrons. The van der Waals surface area contributed by atoms with Gasteiger partial charge in [-0.25, -0.2) is 0 Å². The van der Waals surface area contributed by atoms with Crippen molar-refractivity contribution in [3.8, 4) is 11.8 Å². The highest BCUT2D eigenvalue weighted by Gasteiger charge is 2.23. The van der Waals surface area contributed by atoms with Crippen LogP contribution in [0, 0.1) is 17.8 Å². The van der Waals surface area contributed by atoms with Crippen LogP contribution in [0.4, 0.5) is 0 Å². The van der Waals surface area contributed by atoms with Crippen LogP contribution in [-0.4, -0.2) is 11.2 Å². The van der Waals surface area contributed by atoms with Crippen LogP contribution in [-0.2, 0) is 0 Å². The van der Waals surface area contributed by atoms with Crippen LogP contribution < -0.4 is 0 Å². The maximum absolute atomic E-state index is 9.52. The van der Waals surface area contributed by atoms with Crippen molar-refractivity contribution < 1.29 is 5.11 Å². The molecular weight excluding hydrogens is 160 g/mol. The zero-order valence-electron chi connectivity index (χ0n) is 8.55. The van der Waals surface area contributed by atoms with Gasteiger partial charge >= 0.3 is 0 Å². The molecule has 0 unspecified atom stereocenters. The summed E-state index contributed by atoms with van der Waals surface area (Å²) in [6, 6.07) is 0. The van der Waals surface area contributed by atoms with E-state index in [-0.39, 0.29) is 6.10 Å². The summed E-state index contributed by atoms with van der Waals surface area (Å²) in [5, 5.41) is 9.52. The molecule has 74 valence electrons. The van der Waals surface area contributed by atoms with Crippen molar-refractivity contribution >= 4 is 0 Å². The first-order valence-electron chi connectivity index (χ1n) is 5.48. The number of hydrogen-bond acceptors (Lipinski definition) is 1. The molecule has 0 heterocycles. The SMILES string of the molecule is CCCCC#CC[C@@H]1CCC[C@H]1O. The fourth-order valence-electron chi connectivity index (χ4n) is 1.81. The minimum atomic E-state index is -0.0690. The molecule has 0 saturated heterocycles. The van der Waals surface area contributed by atoms with E-state index in [0.717, 1.165) is 19.3 Å². The maximum Gasteiger partial charge on any atom is 0.0577 e. The van der Waals surface area contributed by atoms with Gasteiger partial charge in [0.15, 0.2) is 0 Å². The lowest BCUT2D eigenvalue weighted by molar-refractivity contribution is 0.135. The highest BCUT2D eigenvalue weighted by Crippen LogP contribution is 2.27. The number of rotatable bonds is 3. The Bertz CT molecular complexity index is 187. The molecule has 1 aliphatic carbocycles. The van der Waals surface area contributed by atoms with Gasteiger partial charge in [0.05, 0.1) is 6.10 Å². The van der Waals surface area contributed by atoms with E-state index >= 15 is 0 Å². The lowest BCUT2D eigenvalue weighted by Gasteiger charge is -2.09. The van der Waals surface area contributed by atoms with E-state index < -0.39 is 0 Å². The van der Waals surface area contributed by atoms with Crippen molar-refractivity contribution in [1.82, 2.24) is 0 Å². The first-order valence-corrected chi connectivity index (χ1v) is 5.48. The number of aliphatic hydroxyl groups excluding tert-OH is 1. The van der Waals surface area contributed by atoms with Gasteiger partial charge in [0.2, 0.25) is 0 Å². The van der Waals surface area contributed by atoms with Crippen LogP contribution in [0.1, 0.15) is 51.9 Å². The average molecular weight is 180 g/mol. The summed E-state index contributed by atoms with van der Waals surface area (Å²) in [6.45, 7) is 2.18. The Balaban J connectivity index is 2.12. The summed E-state index contributed by atoms with van der Waals surface area (Å²) in [7, 11) is 0. The molecule has 13 heavy (non-hydrogen) atoms. The Kier molecular flexibility index (Phi) is 4.93. The van der Waals surface area contributed by atoms with Crippen LogP contribution in [0.3, 0.4) is 0 Å². The van der Waals surface area contributed by atoms with Gasteiger partial charge in [-0.15, -0.1) is 11.8 Å². The monoisotopic (exact) mass is 180 g/mol. The van der Waals surface area contributed by atoms with E-state index in [1.54, 1.807) is 0 Å². The minimum absolute atomic E-state index is 0.0690. The fourth-order valence-corrected chi connectivity index (χ4v) is 1.81. The molecule has 0 amide bonds. The predicted octanol–water partition coefficient (Wildman–Crippen LogP) is 2.73. The van der Waals surface area contributed by atoms with E-state index in [4.69, 9.17) is 0 Å². The molecule has 0 bridgehead atoms. The second kappa shape index (κ2) is 6.05. The molecule has 0 aromatic carbocycles. The second-order valence-corrected chi connectivity index (χ2v) is 3.92. The highest BCUT2D eigenvalue weighted by molar-refractivity contribution is 5.01. The number of unbranched alkanes of at least 4 members (excludes halogenated alkanes) is 2. The summed E-state index contributed by atoms with van der Waals surface area (Å²) in [4.78, 5) is 0. The Hall–Kier alpha value is -0.480. The molecule has 1 nitrogen and oxygen atoms in total. The normalized spacial score (nSPS) is 26.9. The van der Waals surface area contributed by atoms with Crippen LogP contribution in [0.5, 0.6) is 0 Å². The van der Waals surface area contributed by atoms with Gasteiger partial charge < -0.3 is 5.11 Å². The molecule has 0 spiro atoms. The molecule has 1 fully saturated rings. The minimum Gasteiger partial charge on any atom is -0.393 e. The smallest absolute Gasteiger partial charge is 0.0577 e. The molecule has 1 saturated carbocycles. The molecule has 0 aromatic rings. The third kappa shape index (κ3) is 3.83. The zero-order chi connectivity index (χ0) is 9.52. The summed E-state index contributed by atoms with van der Waals surface area (Å²) in [5.41, 5.74) is 0. The summed E-state index contributed by atoms with van der Waals surface area (Å²) < 4.78 is 0. The van der Waals surface area contributed by atoms with Crippen molar-refractivity contribution in [3.63, 3.8) is 0 Å². The molecule has 0 aromatic heterocycles. The van der Waals surface area contributed by atoms with Crippen molar-refractivity contribution in [3.05, 3.63) is 0 Å². The lowest BCUT2D eigenvalue weighted by atomic mass is 10.0. The first-order chi connectivity index (χ1) is 6.34. The van der Waals surface area contributed by atoms with Crippen molar-refractivity contribution in [2.75, 3.05) is 0 Å². The van der Waals surface area contributed by atoms with Gasteiger partial charge in [-0.2, -0.15) is 0 Å². The van der Waals surface area contributed by atoms with Gasteiger partial charge in [-0.05, 0) is 25.2 Å². The summed E-state index contributed by atoms with van der Waals surface area (Å²) >= 11 is 0. The number of hydrogen-bond donors (Lipinski definition) is 1. The largest absolute Gasteiger partial charge is 0.393 e. The standard InChI is InChI=1S/C12H20O/c1-2-3-4-5-6-8-11-9-7-10-12(11)13/h11-13H,2-4,7-10H2,1H3/t11-,12-/m1/s1. The molecule has 1 N–H and O–H groups in total. The van der Waals surface area contributed by atoms with E-state index in [0.29, 0.717) is 5.92 Å². The van der Waals surface area contributed by atoms with Gasteiger partial charge in [-0.1, -0.05) is 19.8 Å². The van der Waals surface area contributed by atoms with E-state index in [9.17, 15) is 5.11 Å². The molecule has 2 atom stereocenters. The van der Waals surface area contributed by atoms with Crippen LogP contribution in [0.15, 0.2) is 0 Å². The van der Waals surface area contributed by atoms with E-state index in [1.165, 1.54) is 25.7 Å². The Morgan fingerprint density at radius 1 is 1.31 bits per heavy atom. The lowest BCUT2D eigenvalue weighted by Crippen LogP contribution is -2.11. The second-order valence-electron chi connectivity index (χ2n) is 3.92. The van der Waals surface area contributed by atoms with Crippen molar-refractivity contribution in [2.45, 2.75) is 58.0 Å². The van der Waals surface area contributed by atoms with Gasteiger partial charge in [0, 0.05) is 12.8 Å². The third-order valence-electron chi connectivity index (χ3n) is 2.76. The first kappa shape index (κ1) is 10.6. The maximum atomic E-state index is 9.52. The molecule has 1 heteroatoms. The number of aliphatic hydroxyl groups is 1. The molecular formula is C12H20O. The Morgan fingerprint density at radius 2 is 2.15 bits per heavy atom. The molecule has 0 aliphatic heterocycles. The van der Waals surface area contributed by atoms with Crippen LogP contribution in [0.25, 0.3) is 0 Å². The average Bonchev–Trinajstić information content (AvgIpc) is 2.52. The van der Waals surface area contributed by atoms with Crippen LogP contribution >= 0.6 is 0 Å². The molecule has 1 aliphatic rings. The van der Waals surface area contributed by atoms with Crippen molar-refractivity contribution in [2.24, 2.45) is 5.92 Å². The summed E-state index contributed by atoms with van der Waals surface area (Å²) in [5.74, 6) is 6.82. The molecule has 1 rings (SSSR count). The quantitative estimate of drug-likeness (QED) is 0.523. The Morgan fingerprint density at radius 3 is 2.77 bits per heavy atom. The van der Waals surface area contributed by atoms with Gasteiger partial charge in [0.1, 0.15) is 0 Å². The van der Waals surface area contributed by atoms with E-state index in [2.05, 4.69) is 18.8 Å². The Labute approximate surface area is 81.5 Å². The van der Waals surface area contributed by atoms with Gasteiger partial charge in [0.25, 0.3) is 0 Å². The third-order valence-corrected chi connectivity index (χ3v) is 2.76. The zero-order valence-corrected chi connectivity index (χ0v) is 8.55. The highest BCUT2D eigenvalue weighted by atomic mass is 16.3. The van der Waals surface area contributed by atoms with Crippen LogP contribution in [0.2, 0.25) is 0 Å². The fraction of sp³-hybridized carbons (Fsp3) is 0.833. The predicted molar refractivity (Wildman–Crippen MR) is 55.3 cm³/mol. The topological polar surface area (TPSA) is 20.2 Å². The van der Waals surface area contributed by atoms with Crippen molar-refractivity contribution in [1.29, 1.82) is 0 Å². The van der Waals surface area contributed by atoms with Gasteiger partial charge in [-0.3, -0.25) is 0 Å². The van der Waals surface area contributed by atoms with E-state index in [1.807, 2.05) is 0 Å². The summed E-state index contributed by atoms with van der Waals surface area (Å²) in [6.07, 6.45) is 7.64.